The molecular weight excluding hydrogens is 226 g/mol. The Labute approximate surface area is 109 Å². The van der Waals surface area contributed by atoms with Gasteiger partial charge < -0.3 is 10.6 Å². The Morgan fingerprint density at radius 2 is 2.11 bits per heavy atom. The first-order valence-corrected chi connectivity index (χ1v) is 6.42. The number of carbonyl (C=O) groups excluding carboxylic acids is 1. The third kappa shape index (κ3) is 3.81. The molecule has 18 heavy (non-hydrogen) atoms. The molecule has 0 saturated carbocycles. The lowest BCUT2D eigenvalue weighted by Crippen LogP contribution is -2.41. The Morgan fingerprint density at radius 3 is 2.61 bits per heavy atom. The van der Waals surface area contributed by atoms with Crippen LogP contribution in [0.25, 0.3) is 0 Å². The summed E-state index contributed by atoms with van der Waals surface area (Å²) in [6.07, 6.45) is 0. The third-order valence-electron chi connectivity index (χ3n) is 3.17. The molecule has 0 aliphatic carbocycles. The first-order chi connectivity index (χ1) is 8.45. The van der Waals surface area contributed by atoms with Crippen molar-refractivity contribution < 1.29 is 4.79 Å². The molecular formula is C14H23N3O. The number of aryl methyl sites for hydroxylation is 1. The van der Waals surface area contributed by atoms with Gasteiger partial charge in [0.1, 0.15) is 0 Å². The number of amides is 1. The van der Waals surface area contributed by atoms with Gasteiger partial charge >= 0.3 is 0 Å². The maximum atomic E-state index is 12.2. The summed E-state index contributed by atoms with van der Waals surface area (Å²) >= 11 is 0. The quantitative estimate of drug-likeness (QED) is 0.864. The van der Waals surface area contributed by atoms with E-state index in [2.05, 4.69) is 4.98 Å². The van der Waals surface area contributed by atoms with Crippen LogP contribution in [0.3, 0.4) is 0 Å². The normalized spacial score (nSPS) is 14.1. The van der Waals surface area contributed by atoms with Gasteiger partial charge in [0.15, 0.2) is 0 Å². The summed E-state index contributed by atoms with van der Waals surface area (Å²) in [4.78, 5) is 18.4. The van der Waals surface area contributed by atoms with Gasteiger partial charge in [0.05, 0.1) is 18.2 Å². The Hall–Kier alpha value is -1.42. The van der Waals surface area contributed by atoms with E-state index in [-0.39, 0.29) is 17.9 Å². The molecule has 0 aliphatic heterocycles. The minimum Gasteiger partial charge on any atom is -0.337 e. The highest BCUT2D eigenvalue weighted by atomic mass is 16.2. The summed E-state index contributed by atoms with van der Waals surface area (Å²) in [5, 5.41) is 0. The fourth-order valence-electron chi connectivity index (χ4n) is 1.74. The molecule has 2 N–H and O–H groups in total. The zero-order valence-electron chi connectivity index (χ0n) is 11.7. The predicted molar refractivity (Wildman–Crippen MR) is 72.9 cm³/mol. The summed E-state index contributed by atoms with van der Waals surface area (Å²) in [6, 6.07) is 5.73. The van der Waals surface area contributed by atoms with Crippen molar-refractivity contribution in [3.63, 3.8) is 0 Å². The number of carbonyl (C=O) groups is 1. The largest absolute Gasteiger partial charge is 0.337 e. The highest BCUT2D eigenvalue weighted by Gasteiger charge is 2.22. The Balaban J connectivity index is 2.76. The van der Waals surface area contributed by atoms with Crippen molar-refractivity contribution in [3.8, 4) is 0 Å². The summed E-state index contributed by atoms with van der Waals surface area (Å²) < 4.78 is 0. The van der Waals surface area contributed by atoms with E-state index in [0.29, 0.717) is 13.1 Å². The second kappa shape index (κ2) is 6.50. The molecule has 1 amide bonds. The first-order valence-electron chi connectivity index (χ1n) is 6.42. The molecule has 0 fully saturated rings. The smallest absolute Gasteiger partial charge is 0.227 e. The molecule has 100 valence electrons. The number of pyridine rings is 1. The van der Waals surface area contributed by atoms with Crippen LogP contribution in [-0.2, 0) is 11.3 Å². The van der Waals surface area contributed by atoms with Gasteiger partial charge in [-0.3, -0.25) is 9.78 Å². The lowest BCUT2D eigenvalue weighted by molar-refractivity contribution is -0.136. The van der Waals surface area contributed by atoms with Crippen LogP contribution in [0.5, 0.6) is 0 Å². The molecule has 4 nitrogen and oxygen atoms in total. The van der Waals surface area contributed by atoms with Gasteiger partial charge in [-0.05, 0) is 32.9 Å². The zero-order valence-corrected chi connectivity index (χ0v) is 11.7. The number of hydrogen-bond donors (Lipinski definition) is 1. The van der Waals surface area contributed by atoms with Crippen molar-refractivity contribution in [2.75, 3.05) is 6.54 Å². The van der Waals surface area contributed by atoms with E-state index in [4.69, 9.17) is 5.73 Å². The summed E-state index contributed by atoms with van der Waals surface area (Å²) in [6.45, 7) is 8.88. The zero-order chi connectivity index (χ0) is 13.7. The average molecular weight is 249 g/mol. The van der Waals surface area contributed by atoms with Crippen LogP contribution in [0.15, 0.2) is 18.2 Å². The lowest BCUT2D eigenvalue weighted by Gasteiger charge is -2.26. The van der Waals surface area contributed by atoms with Gasteiger partial charge in [0, 0.05) is 18.3 Å². The Kier molecular flexibility index (Phi) is 5.28. The van der Waals surface area contributed by atoms with Crippen molar-refractivity contribution in [1.82, 2.24) is 9.88 Å². The maximum Gasteiger partial charge on any atom is 0.227 e. The van der Waals surface area contributed by atoms with Crippen molar-refractivity contribution in [1.29, 1.82) is 0 Å². The lowest BCUT2D eigenvalue weighted by atomic mass is 10.0. The van der Waals surface area contributed by atoms with E-state index in [1.165, 1.54) is 0 Å². The average Bonchev–Trinajstić information content (AvgIpc) is 2.34. The van der Waals surface area contributed by atoms with Crippen molar-refractivity contribution in [2.24, 2.45) is 11.7 Å². The van der Waals surface area contributed by atoms with E-state index < -0.39 is 0 Å². The molecule has 2 unspecified atom stereocenters. The van der Waals surface area contributed by atoms with Crippen LogP contribution in [0.1, 0.15) is 32.2 Å². The van der Waals surface area contributed by atoms with Crippen molar-refractivity contribution in [2.45, 2.75) is 40.3 Å². The highest BCUT2D eigenvalue weighted by Crippen LogP contribution is 2.10. The van der Waals surface area contributed by atoms with E-state index in [1.54, 1.807) is 4.90 Å². The van der Waals surface area contributed by atoms with Crippen molar-refractivity contribution in [3.05, 3.63) is 29.6 Å². The van der Waals surface area contributed by atoms with Gasteiger partial charge in [-0.2, -0.15) is 0 Å². The van der Waals surface area contributed by atoms with Crippen LogP contribution >= 0.6 is 0 Å². The molecule has 0 saturated heterocycles. The molecule has 1 heterocycles. The van der Waals surface area contributed by atoms with Crippen LogP contribution in [-0.4, -0.2) is 28.4 Å². The fraction of sp³-hybridized carbons (Fsp3) is 0.571. The van der Waals surface area contributed by atoms with E-state index >= 15 is 0 Å². The number of nitrogens with two attached hydrogens (primary N) is 1. The van der Waals surface area contributed by atoms with Crippen LogP contribution in [0.2, 0.25) is 0 Å². The van der Waals surface area contributed by atoms with E-state index in [9.17, 15) is 4.79 Å². The number of hydrogen-bond acceptors (Lipinski definition) is 3. The minimum atomic E-state index is -0.158. The molecule has 0 aromatic carbocycles. The second-order valence-corrected chi connectivity index (χ2v) is 4.77. The van der Waals surface area contributed by atoms with Gasteiger partial charge in [-0.25, -0.2) is 0 Å². The molecule has 0 spiro atoms. The van der Waals surface area contributed by atoms with Crippen molar-refractivity contribution >= 4 is 5.91 Å². The monoisotopic (exact) mass is 249 g/mol. The molecule has 4 heteroatoms. The number of nitrogens with zero attached hydrogens (tertiary/aromatic N) is 2. The van der Waals surface area contributed by atoms with E-state index in [1.807, 2.05) is 45.9 Å². The second-order valence-electron chi connectivity index (χ2n) is 4.77. The molecule has 1 aromatic heterocycles. The van der Waals surface area contributed by atoms with Gasteiger partial charge in [-0.15, -0.1) is 0 Å². The highest BCUT2D eigenvalue weighted by molar-refractivity contribution is 5.79. The Morgan fingerprint density at radius 1 is 1.44 bits per heavy atom. The topological polar surface area (TPSA) is 59.2 Å². The molecule has 0 bridgehead atoms. The van der Waals surface area contributed by atoms with Crippen LogP contribution in [0.4, 0.5) is 0 Å². The first kappa shape index (κ1) is 14.6. The summed E-state index contributed by atoms with van der Waals surface area (Å²) in [7, 11) is 0. The fourth-order valence-corrected chi connectivity index (χ4v) is 1.74. The predicted octanol–water partition coefficient (Wildman–Crippen LogP) is 1.72. The standard InChI is InChI=1S/C14H23N3O/c1-5-17(14(18)11(3)12(4)15)9-13-8-6-7-10(2)16-13/h6-8,11-12H,5,9,15H2,1-4H3. The maximum absolute atomic E-state index is 12.2. The van der Waals surface area contributed by atoms with Crippen LogP contribution < -0.4 is 5.73 Å². The van der Waals surface area contributed by atoms with Gasteiger partial charge in [0.25, 0.3) is 0 Å². The minimum absolute atomic E-state index is 0.0933. The molecule has 1 rings (SSSR count). The third-order valence-corrected chi connectivity index (χ3v) is 3.17. The SMILES string of the molecule is CCN(Cc1cccc(C)n1)C(=O)C(C)C(C)N. The molecule has 2 atom stereocenters. The van der Waals surface area contributed by atoms with E-state index in [0.717, 1.165) is 11.4 Å². The summed E-state index contributed by atoms with van der Waals surface area (Å²) in [5.41, 5.74) is 7.67. The summed E-state index contributed by atoms with van der Waals surface area (Å²) in [5.74, 6) is -0.0643. The Bertz CT molecular complexity index is 404. The molecule has 0 radical (unpaired) electrons. The van der Waals surface area contributed by atoms with Gasteiger partial charge in [-0.1, -0.05) is 13.0 Å². The number of aromatic nitrogens is 1. The number of rotatable bonds is 5. The van der Waals surface area contributed by atoms with Crippen LogP contribution in [0, 0.1) is 12.8 Å². The van der Waals surface area contributed by atoms with Gasteiger partial charge in [0.2, 0.25) is 5.91 Å². The molecule has 1 aromatic rings. The molecule has 0 aliphatic rings.